The van der Waals surface area contributed by atoms with Crippen molar-refractivity contribution < 1.29 is 9.53 Å². The van der Waals surface area contributed by atoms with Crippen molar-refractivity contribution in [2.24, 2.45) is 16.7 Å². The Labute approximate surface area is 114 Å². The van der Waals surface area contributed by atoms with Crippen molar-refractivity contribution in [1.82, 2.24) is 4.98 Å². The number of pyridine rings is 1. The lowest BCUT2D eigenvalue weighted by Crippen LogP contribution is -2.38. The van der Waals surface area contributed by atoms with Gasteiger partial charge in [0.15, 0.2) is 0 Å². The average molecular weight is 259 g/mol. The van der Waals surface area contributed by atoms with E-state index in [4.69, 9.17) is 4.74 Å². The minimum atomic E-state index is -0.234. The average Bonchev–Trinajstić information content (AvgIpc) is 2.73. The Morgan fingerprint density at radius 3 is 2.74 bits per heavy atom. The van der Waals surface area contributed by atoms with Gasteiger partial charge in [-0.05, 0) is 42.7 Å². The third kappa shape index (κ3) is 1.71. The van der Waals surface area contributed by atoms with Gasteiger partial charge in [-0.2, -0.15) is 0 Å². The molecule has 0 spiro atoms. The highest BCUT2D eigenvalue weighted by molar-refractivity contribution is 5.89. The first-order valence-electron chi connectivity index (χ1n) is 7.06. The zero-order valence-electron chi connectivity index (χ0n) is 11.8. The monoisotopic (exact) mass is 259 g/mol. The van der Waals surface area contributed by atoms with Crippen LogP contribution in [0.2, 0.25) is 0 Å². The molecule has 2 bridgehead atoms. The standard InChI is InChI=1S/C16H21NO2/c1-15(2)12-6-7-16(15,3)13(9-12)19-14(18)11-5-4-8-17-10-11/h4-5,8,10,12-13H,6-7,9H2,1-3H3/t12-,13+,16-/m1/s1. The number of rotatable bonds is 2. The number of nitrogens with zero attached hydrogens (tertiary/aromatic N) is 1. The van der Waals surface area contributed by atoms with E-state index in [1.165, 1.54) is 6.42 Å². The van der Waals surface area contributed by atoms with Gasteiger partial charge in [-0.1, -0.05) is 20.8 Å². The van der Waals surface area contributed by atoms with E-state index < -0.39 is 0 Å². The maximum atomic E-state index is 12.2. The third-order valence-corrected chi connectivity index (χ3v) is 5.86. The summed E-state index contributed by atoms with van der Waals surface area (Å²) >= 11 is 0. The summed E-state index contributed by atoms with van der Waals surface area (Å²) in [5.74, 6) is 0.451. The van der Waals surface area contributed by atoms with Crippen LogP contribution in [-0.2, 0) is 4.74 Å². The molecule has 0 aromatic carbocycles. The normalized spacial score (nSPS) is 35.3. The van der Waals surface area contributed by atoms with E-state index in [1.54, 1.807) is 24.5 Å². The zero-order valence-corrected chi connectivity index (χ0v) is 11.8. The predicted molar refractivity (Wildman–Crippen MR) is 72.7 cm³/mol. The lowest BCUT2D eigenvalue weighted by molar-refractivity contribution is -0.0242. The second kappa shape index (κ2) is 4.06. The molecule has 0 saturated heterocycles. The first-order valence-corrected chi connectivity index (χ1v) is 7.06. The van der Waals surface area contributed by atoms with Crippen molar-refractivity contribution in [3.05, 3.63) is 30.1 Å². The molecule has 1 aromatic heterocycles. The Kier molecular flexibility index (Phi) is 2.70. The summed E-state index contributed by atoms with van der Waals surface area (Å²) in [7, 11) is 0. The summed E-state index contributed by atoms with van der Waals surface area (Å²) in [6.45, 7) is 6.92. The molecule has 2 saturated carbocycles. The van der Waals surface area contributed by atoms with Gasteiger partial charge in [0, 0.05) is 17.8 Å². The summed E-state index contributed by atoms with van der Waals surface area (Å²) in [6, 6.07) is 3.53. The first kappa shape index (κ1) is 12.6. The molecule has 3 heteroatoms. The molecule has 0 amide bonds. The van der Waals surface area contributed by atoms with Crippen molar-refractivity contribution in [3.8, 4) is 0 Å². The highest BCUT2D eigenvalue weighted by Crippen LogP contribution is 2.66. The van der Waals surface area contributed by atoms with Gasteiger partial charge in [-0.15, -0.1) is 0 Å². The fraction of sp³-hybridized carbons (Fsp3) is 0.625. The van der Waals surface area contributed by atoms with Gasteiger partial charge in [-0.25, -0.2) is 4.79 Å². The molecule has 3 nitrogen and oxygen atoms in total. The quantitative estimate of drug-likeness (QED) is 0.764. The molecular formula is C16H21NO2. The fourth-order valence-corrected chi connectivity index (χ4v) is 3.99. The van der Waals surface area contributed by atoms with Crippen molar-refractivity contribution >= 4 is 5.97 Å². The lowest BCUT2D eigenvalue weighted by Gasteiger charge is -2.38. The summed E-state index contributed by atoms with van der Waals surface area (Å²) in [5.41, 5.74) is 0.939. The largest absolute Gasteiger partial charge is 0.458 e. The number of esters is 1. The Morgan fingerprint density at radius 2 is 2.21 bits per heavy atom. The molecule has 2 fully saturated rings. The van der Waals surface area contributed by atoms with Crippen LogP contribution in [0.25, 0.3) is 0 Å². The number of carbonyl (C=O) groups is 1. The van der Waals surface area contributed by atoms with Crippen LogP contribution < -0.4 is 0 Å². The van der Waals surface area contributed by atoms with Crippen LogP contribution in [0.4, 0.5) is 0 Å². The minimum Gasteiger partial charge on any atom is -0.458 e. The Morgan fingerprint density at radius 1 is 1.42 bits per heavy atom. The topological polar surface area (TPSA) is 39.2 Å². The second-order valence-corrected chi connectivity index (χ2v) is 6.75. The number of carbonyl (C=O) groups excluding carboxylic acids is 1. The maximum absolute atomic E-state index is 12.2. The van der Waals surface area contributed by atoms with Gasteiger partial charge < -0.3 is 4.74 Å². The van der Waals surface area contributed by atoms with Gasteiger partial charge in [0.05, 0.1) is 5.56 Å². The van der Waals surface area contributed by atoms with Gasteiger partial charge in [-0.3, -0.25) is 4.98 Å². The van der Waals surface area contributed by atoms with E-state index in [2.05, 4.69) is 25.8 Å². The number of hydrogen-bond donors (Lipinski definition) is 0. The molecule has 1 aromatic rings. The van der Waals surface area contributed by atoms with Gasteiger partial charge in [0.25, 0.3) is 0 Å². The van der Waals surface area contributed by atoms with E-state index in [-0.39, 0.29) is 22.9 Å². The van der Waals surface area contributed by atoms with Crippen LogP contribution in [0.1, 0.15) is 50.4 Å². The van der Waals surface area contributed by atoms with E-state index in [0.717, 1.165) is 12.8 Å². The first-order chi connectivity index (χ1) is 8.95. The van der Waals surface area contributed by atoms with Gasteiger partial charge >= 0.3 is 5.97 Å². The number of fused-ring (bicyclic) bond motifs is 2. The summed E-state index contributed by atoms with van der Waals surface area (Å²) in [6.07, 6.45) is 6.73. The predicted octanol–water partition coefficient (Wildman–Crippen LogP) is 3.45. The fourth-order valence-electron chi connectivity index (χ4n) is 3.99. The van der Waals surface area contributed by atoms with E-state index >= 15 is 0 Å². The number of aromatic nitrogens is 1. The highest BCUT2D eigenvalue weighted by Gasteiger charge is 2.62. The van der Waals surface area contributed by atoms with Crippen LogP contribution in [0.5, 0.6) is 0 Å². The second-order valence-electron chi connectivity index (χ2n) is 6.75. The van der Waals surface area contributed by atoms with Crippen LogP contribution in [0.15, 0.2) is 24.5 Å². The third-order valence-electron chi connectivity index (χ3n) is 5.86. The molecule has 1 heterocycles. The number of ether oxygens (including phenoxy) is 1. The molecule has 3 atom stereocenters. The molecule has 0 radical (unpaired) electrons. The molecule has 2 aliphatic rings. The van der Waals surface area contributed by atoms with Crippen molar-refractivity contribution in [1.29, 1.82) is 0 Å². The minimum absolute atomic E-state index is 0.0500. The molecule has 2 aliphatic carbocycles. The Balaban J connectivity index is 1.78. The molecule has 102 valence electrons. The van der Waals surface area contributed by atoms with Gasteiger partial charge in [0.1, 0.15) is 6.10 Å². The highest BCUT2D eigenvalue weighted by atomic mass is 16.5. The maximum Gasteiger partial charge on any atom is 0.339 e. The van der Waals surface area contributed by atoms with Crippen molar-refractivity contribution in [2.75, 3.05) is 0 Å². The molecule has 0 aliphatic heterocycles. The van der Waals surface area contributed by atoms with E-state index in [0.29, 0.717) is 11.5 Å². The Hall–Kier alpha value is -1.38. The van der Waals surface area contributed by atoms with Crippen LogP contribution in [0.3, 0.4) is 0 Å². The molecule has 19 heavy (non-hydrogen) atoms. The van der Waals surface area contributed by atoms with Crippen LogP contribution in [0, 0.1) is 16.7 Å². The molecule has 0 N–H and O–H groups in total. The zero-order chi connectivity index (χ0) is 13.7. The Bertz CT molecular complexity index is 497. The van der Waals surface area contributed by atoms with Crippen LogP contribution in [-0.4, -0.2) is 17.1 Å². The molecule has 0 unspecified atom stereocenters. The van der Waals surface area contributed by atoms with Crippen molar-refractivity contribution in [3.63, 3.8) is 0 Å². The van der Waals surface area contributed by atoms with E-state index in [1.807, 2.05) is 0 Å². The summed E-state index contributed by atoms with van der Waals surface area (Å²) in [4.78, 5) is 16.1. The summed E-state index contributed by atoms with van der Waals surface area (Å²) in [5, 5.41) is 0. The SMILES string of the molecule is CC1(C)[C@@H]2CC[C@]1(C)[C@@H](OC(=O)c1cccnc1)C2. The smallest absolute Gasteiger partial charge is 0.339 e. The van der Waals surface area contributed by atoms with Crippen molar-refractivity contribution in [2.45, 2.75) is 46.1 Å². The number of hydrogen-bond acceptors (Lipinski definition) is 3. The van der Waals surface area contributed by atoms with Crippen LogP contribution >= 0.6 is 0 Å². The van der Waals surface area contributed by atoms with Gasteiger partial charge in [0.2, 0.25) is 0 Å². The molecular weight excluding hydrogens is 238 g/mol. The molecule has 3 rings (SSSR count). The van der Waals surface area contributed by atoms with E-state index in [9.17, 15) is 4.79 Å². The summed E-state index contributed by atoms with van der Waals surface area (Å²) < 4.78 is 5.79. The lowest BCUT2D eigenvalue weighted by atomic mass is 9.70.